The molecule has 2 aromatic heterocycles. The first-order chi connectivity index (χ1) is 10.6. The van der Waals surface area contributed by atoms with E-state index in [4.69, 9.17) is 16.3 Å². The molecule has 5 heteroatoms. The molecule has 3 rings (SSSR count). The van der Waals surface area contributed by atoms with E-state index in [0.717, 1.165) is 16.6 Å². The molecule has 22 heavy (non-hydrogen) atoms. The minimum absolute atomic E-state index is 0.179. The molecular formula is C17H16ClN3O. The van der Waals surface area contributed by atoms with E-state index in [1.807, 2.05) is 36.4 Å². The highest BCUT2D eigenvalue weighted by Crippen LogP contribution is 2.31. The Bertz CT molecular complexity index is 777. The van der Waals surface area contributed by atoms with Gasteiger partial charge in [0.2, 0.25) is 0 Å². The molecule has 0 fully saturated rings. The standard InChI is InChI=1S/C17H16ClN3O/c1-11(2)15(12-6-5-9-19-10-12)22-17-16(18)20-13-7-3-4-8-14(13)21-17/h3-11,15H,1-2H3. The summed E-state index contributed by atoms with van der Waals surface area (Å²) < 4.78 is 6.06. The second-order valence-corrected chi connectivity index (χ2v) is 5.74. The maximum Gasteiger partial charge on any atom is 0.253 e. The summed E-state index contributed by atoms with van der Waals surface area (Å²) in [4.78, 5) is 13.0. The number of hydrogen-bond acceptors (Lipinski definition) is 4. The number of rotatable bonds is 4. The van der Waals surface area contributed by atoms with Crippen LogP contribution in [0.5, 0.6) is 5.88 Å². The van der Waals surface area contributed by atoms with E-state index in [2.05, 4.69) is 28.8 Å². The van der Waals surface area contributed by atoms with Crippen LogP contribution in [0.25, 0.3) is 11.0 Å². The van der Waals surface area contributed by atoms with E-state index in [1.54, 1.807) is 12.4 Å². The lowest BCUT2D eigenvalue weighted by Gasteiger charge is -2.22. The molecule has 0 N–H and O–H groups in total. The average molecular weight is 314 g/mol. The lowest BCUT2D eigenvalue weighted by atomic mass is 10.0. The van der Waals surface area contributed by atoms with Crippen molar-refractivity contribution < 1.29 is 4.74 Å². The molecule has 0 saturated carbocycles. The number of pyridine rings is 1. The molecule has 3 aromatic rings. The van der Waals surface area contributed by atoms with Gasteiger partial charge in [-0.2, -0.15) is 0 Å². The number of benzene rings is 1. The minimum atomic E-state index is -0.179. The third-order valence-corrected chi connectivity index (χ3v) is 3.60. The Hall–Kier alpha value is -2.20. The number of fused-ring (bicyclic) bond motifs is 1. The maximum atomic E-state index is 6.23. The molecule has 1 atom stereocenters. The highest BCUT2D eigenvalue weighted by atomic mass is 35.5. The zero-order valence-electron chi connectivity index (χ0n) is 12.4. The highest BCUT2D eigenvalue weighted by Gasteiger charge is 2.21. The van der Waals surface area contributed by atoms with Crippen molar-refractivity contribution >= 4 is 22.6 Å². The Kier molecular flexibility index (Phi) is 4.20. The van der Waals surface area contributed by atoms with Crippen molar-refractivity contribution in [3.8, 4) is 5.88 Å². The lowest BCUT2D eigenvalue weighted by molar-refractivity contribution is 0.146. The number of halogens is 1. The second-order valence-electron chi connectivity index (χ2n) is 5.38. The van der Waals surface area contributed by atoms with Gasteiger partial charge in [0.15, 0.2) is 5.15 Å². The first-order valence-electron chi connectivity index (χ1n) is 7.14. The Morgan fingerprint density at radius 3 is 2.36 bits per heavy atom. The monoisotopic (exact) mass is 313 g/mol. The summed E-state index contributed by atoms with van der Waals surface area (Å²) in [7, 11) is 0. The van der Waals surface area contributed by atoms with E-state index >= 15 is 0 Å². The predicted octanol–water partition coefficient (Wildman–Crippen LogP) is 4.45. The molecule has 112 valence electrons. The summed E-state index contributed by atoms with van der Waals surface area (Å²) >= 11 is 6.23. The summed E-state index contributed by atoms with van der Waals surface area (Å²) in [6.07, 6.45) is 3.36. The number of ether oxygens (including phenoxy) is 1. The van der Waals surface area contributed by atoms with Crippen molar-refractivity contribution in [2.24, 2.45) is 5.92 Å². The molecule has 0 aliphatic heterocycles. The Balaban J connectivity index is 1.98. The zero-order chi connectivity index (χ0) is 15.5. The number of aromatic nitrogens is 3. The highest BCUT2D eigenvalue weighted by molar-refractivity contribution is 6.31. The summed E-state index contributed by atoms with van der Waals surface area (Å²) in [6, 6.07) is 11.5. The van der Waals surface area contributed by atoms with Crippen LogP contribution in [0.4, 0.5) is 0 Å². The third kappa shape index (κ3) is 3.02. The van der Waals surface area contributed by atoms with E-state index in [0.29, 0.717) is 5.88 Å². The fraction of sp³-hybridized carbons (Fsp3) is 0.235. The average Bonchev–Trinajstić information content (AvgIpc) is 2.53. The normalized spacial score (nSPS) is 12.5. The van der Waals surface area contributed by atoms with Crippen molar-refractivity contribution in [2.75, 3.05) is 0 Å². The van der Waals surface area contributed by atoms with Gasteiger partial charge in [-0.3, -0.25) is 4.98 Å². The van der Waals surface area contributed by atoms with Crippen LogP contribution in [0.2, 0.25) is 5.15 Å². The Labute approximate surface area is 134 Å². The number of para-hydroxylation sites is 2. The fourth-order valence-electron chi connectivity index (χ4n) is 2.29. The molecule has 2 heterocycles. The summed E-state index contributed by atoms with van der Waals surface area (Å²) in [5.74, 6) is 0.594. The van der Waals surface area contributed by atoms with Crippen LogP contribution in [0.15, 0.2) is 48.8 Å². The van der Waals surface area contributed by atoms with E-state index in [9.17, 15) is 0 Å². The van der Waals surface area contributed by atoms with Crippen molar-refractivity contribution in [1.29, 1.82) is 0 Å². The maximum absolute atomic E-state index is 6.23. The van der Waals surface area contributed by atoms with Crippen LogP contribution >= 0.6 is 11.6 Å². The van der Waals surface area contributed by atoms with Gasteiger partial charge in [-0.05, 0) is 24.1 Å². The van der Waals surface area contributed by atoms with Crippen LogP contribution in [0.3, 0.4) is 0 Å². The van der Waals surface area contributed by atoms with Crippen molar-refractivity contribution in [2.45, 2.75) is 20.0 Å². The molecule has 0 radical (unpaired) electrons. The predicted molar refractivity (Wildman–Crippen MR) is 87.0 cm³/mol. The van der Waals surface area contributed by atoms with Gasteiger partial charge in [0.05, 0.1) is 11.0 Å². The van der Waals surface area contributed by atoms with Crippen molar-refractivity contribution in [1.82, 2.24) is 15.0 Å². The van der Waals surface area contributed by atoms with Crippen LogP contribution in [-0.2, 0) is 0 Å². The molecule has 0 aliphatic carbocycles. The van der Waals surface area contributed by atoms with Gasteiger partial charge in [0.25, 0.3) is 5.88 Å². The van der Waals surface area contributed by atoms with Gasteiger partial charge in [0.1, 0.15) is 6.10 Å². The lowest BCUT2D eigenvalue weighted by Crippen LogP contribution is -2.15. The van der Waals surface area contributed by atoms with Crippen molar-refractivity contribution in [3.63, 3.8) is 0 Å². The van der Waals surface area contributed by atoms with Crippen molar-refractivity contribution in [3.05, 3.63) is 59.5 Å². The van der Waals surface area contributed by atoms with E-state index in [-0.39, 0.29) is 17.2 Å². The third-order valence-electron chi connectivity index (χ3n) is 3.36. The van der Waals surface area contributed by atoms with Gasteiger partial charge in [-0.1, -0.05) is 43.6 Å². The molecule has 1 aromatic carbocycles. The molecule has 0 spiro atoms. The summed E-state index contributed by atoms with van der Waals surface area (Å²) in [5.41, 5.74) is 2.50. The Morgan fingerprint density at radius 2 is 1.73 bits per heavy atom. The molecular weight excluding hydrogens is 298 g/mol. The SMILES string of the molecule is CC(C)C(Oc1nc2ccccc2nc1Cl)c1cccnc1. The van der Waals surface area contributed by atoms with Crippen LogP contribution in [0.1, 0.15) is 25.5 Å². The van der Waals surface area contributed by atoms with Crippen LogP contribution in [0, 0.1) is 5.92 Å². The Morgan fingerprint density at radius 1 is 1.00 bits per heavy atom. The number of hydrogen-bond donors (Lipinski definition) is 0. The van der Waals surface area contributed by atoms with E-state index in [1.165, 1.54) is 0 Å². The largest absolute Gasteiger partial charge is 0.467 e. The van der Waals surface area contributed by atoms with E-state index < -0.39 is 0 Å². The molecule has 0 saturated heterocycles. The first-order valence-corrected chi connectivity index (χ1v) is 7.52. The van der Waals surface area contributed by atoms with Crippen LogP contribution in [-0.4, -0.2) is 15.0 Å². The van der Waals surface area contributed by atoms with Gasteiger partial charge >= 0.3 is 0 Å². The number of nitrogens with zero attached hydrogens (tertiary/aromatic N) is 3. The zero-order valence-corrected chi connectivity index (χ0v) is 13.2. The summed E-state index contributed by atoms with van der Waals surface area (Å²) in [6.45, 7) is 4.17. The topological polar surface area (TPSA) is 47.9 Å². The molecule has 1 unspecified atom stereocenters. The first kappa shape index (κ1) is 14.7. The van der Waals surface area contributed by atoms with Gasteiger partial charge in [0, 0.05) is 18.0 Å². The molecule has 0 amide bonds. The van der Waals surface area contributed by atoms with Crippen LogP contribution < -0.4 is 4.74 Å². The second kappa shape index (κ2) is 6.28. The quantitative estimate of drug-likeness (QED) is 0.713. The minimum Gasteiger partial charge on any atom is -0.467 e. The molecule has 0 aliphatic rings. The smallest absolute Gasteiger partial charge is 0.253 e. The molecule has 0 bridgehead atoms. The van der Waals surface area contributed by atoms with Gasteiger partial charge in [-0.25, -0.2) is 9.97 Å². The molecule has 4 nitrogen and oxygen atoms in total. The fourth-order valence-corrected chi connectivity index (χ4v) is 2.47. The van der Waals surface area contributed by atoms with Gasteiger partial charge < -0.3 is 4.74 Å². The summed E-state index contributed by atoms with van der Waals surface area (Å²) in [5, 5.41) is 0.272. The van der Waals surface area contributed by atoms with Gasteiger partial charge in [-0.15, -0.1) is 0 Å².